The molecule has 1 aromatic rings. The lowest BCUT2D eigenvalue weighted by atomic mass is 9.93. The van der Waals surface area contributed by atoms with E-state index >= 15 is 0 Å². The third kappa shape index (κ3) is 2.21. The van der Waals surface area contributed by atoms with E-state index in [9.17, 15) is 0 Å². The molecule has 1 saturated heterocycles. The molecule has 0 spiro atoms. The zero-order valence-corrected chi connectivity index (χ0v) is 9.85. The molecular formula is C13H20N2. The number of rotatable bonds is 1. The quantitative estimate of drug-likeness (QED) is 0.729. The molecule has 82 valence electrons. The molecule has 1 aliphatic heterocycles. The summed E-state index contributed by atoms with van der Waals surface area (Å²) >= 11 is 0. The molecule has 0 bridgehead atoms. The third-order valence-electron chi connectivity index (χ3n) is 3.13. The van der Waals surface area contributed by atoms with Crippen LogP contribution in [0.15, 0.2) is 12.1 Å². The van der Waals surface area contributed by atoms with Gasteiger partial charge in [-0.25, -0.2) is 0 Å². The summed E-state index contributed by atoms with van der Waals surface area (Å²) in [4.78, 5) is 0. The molecule has 1 fully saturated rings. The van der Waals surface area contributed by atoms with Gasteiger partial charge in [-0.1, -0.05) is 17.7 Å². The van der Waals surface area contributed by atoms with Crippen LogP contribution in [0.1, 0.15) is 28.3 Å². The van der Waals surface area contributed by atoms with E-state index in [0.717, 1.165) is 19.6 Å². The van der Waals surface area contributed by atoms with E-state index in [0.29, 0.717) is 6.04 Å². The van der Waals surface area contributed by atoms with Gasteiger partial charge in [0.1, 0.15) is 0 Å². The molecule has 2 rings (SSSR count). The average molecular weight is 204 g/mol. The molecule has 2 heteroatoms. The van der Waals surface area contributed by atoms with Crippen molar-refractivity contribution < 1.29 is 0 Å². The molecule has 0 aliphatic carbocycles. The van der Waals surface area contributed by atoms with Crippen molar-refractivity contribution in [3.05, 3.63) is 34.4 Å². The highest BCUT2D eigenvalue weighted by molar-refractivity contribution is 5.40. The smallest absolute Gasteiger partial charge is 0.0452 e. The summed E-state index contributed by atoms with van der Waals surface area (Å²) < 4.78 is 0. The van der Waals surface area contributed by atoms with Crippen LogP contribution < -0.4 is 10.6 Å². The van der Waals surface area contributed by atoms with Gasteiger partial charge in [0.15, 0.2) is 0 Å². The maximum absolute atomic E-state index is 3.57. The van der Waals surface area contributed by atoms with Crippen LogP contribution in [0.3, 0.4) is 0 Å². The second kappa shape index (κ2) is 4.33. The molecule has 0 aromatic heterocycles. The van der Waals surface area contributed by atoms with Crippen molar-refractivity contribution >= 4 is 0 Å². The molecule has 1 aliphatic rings. The highest BCUT2D eigenvalue weighted by Gasteiger charge is 2.17. The summed E-state index contributed by atoms with van der Waals surface area (Å²) in [5.41, 5.74) is 5.66. The number of aryl methyl sites for hydroxylation is 3. The van der Waals surface area contributed by atoms with Crippen LogP contribution in [-0.2, 0) is 0 Å². The Kier molecular flexibility index (Phi) is 3.08. The third-order valence-corrected chi connectivity index (χ3v) is 3.13. The minimum absolute atomic E-state index is 0.486. The predicted octanol–water partition coefficient (Wildman–Crippen LogP) is 1.85. The van der Waals surface area contributed by atoms with Gasteiger partial charge in [0.2, 0.25) is 0 Å². The van der Waals surface area contributed by atoms with Gasteiger partial charge >= 0.3 is 0 Å². The van der Waals surface area contributed by atoms with Crippen LogP contribution in [0.2, 0.25) is 0 Å². The van der Waals surface area contributed by atoms with Crippen molar-refractivity contribution in [1.29, 1.82) is 0 Å². The number of benzene rings is 1. The molecule has 0 amide bonds. The van der Waals surface area contributed by atoms with Crippen LogP contribution in [0.5, 0.6) is 0 Å². The topological polar surface area (TPSA) is 24.1 Å². The van der Waals surface area contributed by atoms with Crippen molar-refractivity contribution in [1.82, 2.24) is 10.6 Å². The molecule has 1 heterocycles. The maximum atomic E-state index is 3.57. The Labute approximate surface area is 92.1 Å². The lowest BCUT2D eigenvalue weighted by Crippen LogP contribution is -2.43. The van der Waals surface area contributed by atoms with E-state index in [1.54, 1.807) is 0 Å². The second-order valence-corrected chi connectivity index (χ2v) is 4.52. The number of hydrogen-bond acceptors (Lipinski definition) is 2. The maximum Gasteiger partial charge on any atom is 0.0452 e. The largest absolute Gasteiger partial charge is 0.314 e. The fourth-order valence-electron chi connectivity index (χ4n) is 2.60. The minimum atomic E-state index is 0.486. The van der Waals surface area contributed by atoms with Gasteiger partial charge in [0.05, 0.1) is 0 Å². The Morgan fingerprint density at radius 1 is 1.07 bits per heavy atom. The van der Waals surface area contributed by atoms with E-state index < -0.39 is 0 Å². The monoisotopic (exact) mass is 204 g/mol. The molecule has 1 atom stereocenters. The first-order valence-electron chi connectivity index (χ1n) is 5.70. The average Bonchev–Trinajstić information content (AvgIpc) is 2.17. The van der Waals surface area contributed by atoms with E-state index in [2.05, 4.69) is 43.5 Å². The van der Waals surface area contributed by atoms with E-state index in [4.69, 9.17) is 0 Å². The fraction of sp³-hybridized carbons (Fsp3) is 0.538. The van der Waals surface area contributed by atoms with Crippen LogP contribution in [0.4, 0.5) is 0 Å². The number of hydrogen-bond donors (Lipinski definition) is 2. The summed E-state index contributed by atoms with van der Waals surface area (Å²) in [5, 5.41) is 7.01. The SMILES string of the molecule is Cc1cc(C)c([C@H]2CNCCN2)c(C)c1. The van der Waals surface area contributed by atoms with Gasteiger partial charge in [-0.2, -0.15) is 0 Å². The molecule has 15 heavy (non-hydrogen) atoms. The predicted molar refractivity (Wildman–Crippen MR) is 64.3 cm³/mol. The Hall–Kier alpha value is -0.860. The van der Waals surface area contributed by atoms with Gasteiger partial charge in [-0.3, -0.25) is 0 Å². The van der Waals surface area contributed by atoms with Crippen molar-refractivity contribution in [2.24, 2.45) is 0 Å². The van der Waals surface area contributed by atoms with Gasteiger partial charge in [0.25, 0.3) is 0 Å². The Balaban J connectivity index is 2.33. The summed E-state index contributed by atoms with van der Waals surface area (Å²) in [6, 6.07) is 5.04. The highest BCUT2D eigenvalue weighted by atomic mass is 15.1. The molecule has 0 unspecified atom stereocenters. The van der Waals surface area contributed by atoms with Gasteiger partial charge in [-0.15, -0.1) is 0 Å². The Morgan fingerprint density at radius 3 is 2.27 bits per heavy atom. The highest BCUT2D eigenvalue weighted by Crippen LogP contribution is 2.23. The van der Waals surface area contributed by atoms with Gasteiger partial charge < -0.3 is 10.6 Å². The minimum Gasteiger partial charge on any atom is -0.314 e. The summed E-state index contributed by atoms with van der Waals surface area (Å²) in [7, 11) is 0. The second-order valence-electron chi connectivity index (χ2n) is 4.52. The molecule has 0 radical (unpaired) electrons. The zero-order chi connectivity index (χ0) is 10.8. The van der Waals surface area contributed by atoms with E-state index in [1.165, 1.54) is 22.3 Å². The Morgan fingerprint density at radius 2 is 1.73 bits per heavy atom. The van der Waals surface area contributed by atoms with Gasteiger partial charge in [0, 0.05) is 25.7 Å². The van der Waals surface area contributed by atoms with Crippen LogP contribution in [-0.4, -0.2) is 19.6 Å². The van der Waals surface area contributed by atoms with Crippen molar-refractivity contribution in [3.8, 4) is 0 Å². The lowest BCUT2D eigenvalue weighted by Gasteiger charge is -2.27. The Bertz CT molecular complexity index is 329. The van der Waals surface area contributed by atoms with Gasteiger partial charge in [-0.05, 0) is 37.5 Å². The normalized spacial score (nSPS) is 21.7. The van der Waals surface area contributed by atoms with Crippen LogP contribution >= 0.6 is 0 Å². The number of piperazine rings is 1. The van der Waals surface area contributed by atoms with Crippen LogP contribution in [0, 0.1) is 20.8 Å². The first kappa shape index (κ1) is 10.7. The molecular weight excluding hydrogens is 184 g/mol. The number of nitrogens with one attached hydrogen (secondary N) is 2. The van der Waals surface area contributed by atoms with Crippen LogP contribution in [0.25, 0.3) is 0 Å². The first-order valence-corrected chi connectivity index (χ1v) is 5.70. The summed E-state index contributed by atoms with van der Waals surface area (Å²) in [5.74, 6) is 0. The summed E-state index contributed by atoms with van der Waals surface area (Å²) in [6.45, 7) is 9.79. The lowest BCUT2D eigenvalue weighted by molar-refractivity contribution is 0.427. The van der Waals surface area contributed by atoms with Crippen molar-refractivity contribution in [2.45, 2.75) is 26.8 Å². The molecule has 0 saturated carbocycles. The van der Waals surface area contributed by atoms with Crippen molar-refractivity contribution in [2.75, 3.05) is 19.6 Å². The fourth-order valence-corrected chi connectivity index (χ4v) is 2.60. The van der Waals surface area contributed by atoms with E-state index in [1.807, 2.05) is 0 Å². The van der Waals surface area contributed by atoms with E-state index in [-0.39, 0.29) is 0 Å². The molecule has 2 nitrogen and oxygen atoms in total. The zero-order valence-electron chi connectivity index (χ0n) is 9.85. The standard InChI is InChI=1S/C13H20N2/c1-9-6-10(2)13(11(3)7-9)12-8-14-4-5-15-12/h6-7,12,14-15H,4-5,8H2,1-3H3/t12-/m1/s1. The molecule has 1 aromatic carbocycles. The first-order chi connectivity index (χ1) is 7.18. The molecule has 2 N–H and O–H groups in total. The van der Waals surface area contributed by atoms with Crippen molar-refractivity contribution in [3.63, 3.8) is 0 Å². The summed E-state index contributed by atoms with van der Waals surface area (Å²) in [6.07, 6.45) is 0.